The number of furan rings is 1. The third kappa shape index (κ3) is 3.58. The summed E-state index contributed by atoms with van der Waals surface area (Å²) in [6, 6.07) is 15.7. The summed E-state index contributed by atoms with van der Waals surface area (Å²) in [5.74, 6) is 0.552. The minimum Gasteiger partial charge on any atom is -0.446 e. The maximum Gasteiger partial charge on any atom is 0.323 e. The van der Waals surface area contributed by atoms with Gasteiger partial charge in [0.15, 0.2) is 0 Å². The lowest BCUT2D eigenvalue weighted by molar-refractivity contribution is 0.262. The summed E-state index contributed by atoms with van der Waals surface area (Å²) in [4.78, 5) is 18.4. The van der Waals surface area contributed by atoms with E-state index in [-0.39, 0.29) is 6.03 Å². The Balaban J connectivity index is 1.51. The molecule has 0 saturated carbocycles. The van der Waals surface area contributed by atoms with Crippen LogP contribution in [0.25, 0.3) is 5.82 Å². The first-order valence-electron chi connectivity index (χ1n) is 8.19. The number of carbonyl (C=O) groups excluding carboxylic acids is 1. The second-order valence-corrected chi connectivity index (χ2v) is 6.33. The number of fused-ring (bicyclic) bond motifs is 1. The molecule has 1 aliphatic rings. The number of urea groups is 1. The lowest BCUT2D eigenvalue weighted by Crippen LogP contribution is -2.42. The Kier molecular flexibility index (Phi) is 4.43. The predicted molar refractivity (Wildman–Crippen MR) is 105 cm³/mol. The standard InChI is InChI=1S/C19H16ClN5O2/c20-12-4-6-13(7-5-12)23-19(26)24-14-2-1-3-15(10-14)25-11-22-18-16(17(25)21)8-9-27-18/h1-10H,11,21H2,(H2,23,24,26). The van der Waals surface area contributed by atoms with E-state index in [1.54, 1.807) is 42.7 Å². The number of rotatable bonds is 3. The van der Waals surface area contributed by atoms with Crippen LogP contribution in [0.1, 0.15) is 0 Å². The van der Waals surface area contributed by atoms with Gasteiger partial charge < -0.3 is 25.7 Å². The highest BCUT2D eigenvalue weighted by Gasteiger charge is 2.16. The van der Waals surface area contributed by atoms with Crippen molar-refractivity contribution in [1.29, 1.82) is 0 Å². The number of carbonyl (C=O) groups is 1. The van der Waals surface area contributed by atoms with E-state index in [9.17, 15) is 4.79 Å². The zero-order chi connectivity index (χ0) is 18.8. The molecule has 1 aliphatic heterocycles. The normalized spacial score (nSPS) is 12.9. The van der Waals surface area contributed by atoms with Gasteiger partial charge in [0.25, 0.3) is 0 Å². The first kappa shape index (κ1) is 17.0. The summed E-state index contributed by atoms with van der Waals surface area (Å²) >= 11 is 5.85. The number of anilines is 3. The summed E-state index contributed by atoms with van der Waals surface area (Å²) in [5, 5.41) is 6.91. The van der Waals surface area contributed by atoms with Crippen molar-refractivity contribution >= 4 is 40.5 Å². The first-order valence-corrected chi connectivity index (χ1v) is 8.57. The summed E-state index contributed by atoms with van der Waals surface area (Å²) in [5.41, 5.74) is 8.86. The Labute approximate surface area is 159 Å². The maximum absolute atomic E-state index is 12.2. The molecule has 1 aromatic heterocycles. The second kappa shape index (κ2) is 7.05. The molecule has 3 aromatic rings. The van der Waals surface area contributed by atoms with E-state index in [0.717, 1.165) is 10.9 Å². The Bertz CT molecular complexity index is 1110. The van der Waals surface area contributed by atoms with Gasteiger partial charge in [-0.3, -0.25) is 0 Å². The molecule has 7 nitrogen and oxygen atoms in total. The average Bonchev–Trinajstić information content (AvgIpc) is 3.14. The molecule has 0 atom stereocenters. The van der Waals surface area contributed by atoms with Gasteiger partial charge in [-0.25, -0.2) is 9.79 Å². The molecule has 8 heteroatoms. The number of halogens is 1. The van der Waals surface area contributed by atoms with Crippen molar-refractivity contribution in [3.63, 3.8) is 0 Å². The van der Waals surface area contributed by atoms with E-state index < -0.39 is 0 Å². The minimum absolute atomic E-state index is 0.340. The highest BCUT2D eigenvalue weighted by molar-refractivity contribution is 6.30. The molecule has 0 radical (unpaired) electrons. The van der Waals surface area contributed by atoms with Crippen LogP contribution in [0.3, 0.4) is 0 Å². The molecule has 136 valence electrons. The van der Waals surface area contributed by atoms with Crippen molar-refractivity contribution in [2.75, 3.05) is 22.2 Å². The molecule has 0 saturated heterocycles. The van der Waals surface area contributed by atoms with Crippen molar-refractivity contribution in [3.8, 4) is 0 Å². The largest absolute Gasteiger partial charge is 0.446 e. The van der Waals surface area contributed by atoms with Crippen molar-refractivity contribution in [2.45, 2.75) is 0 Å². The molecule has 2 amide bonds. The summed E-state index contributed by atoms with van der Waals surface area (Å²) in [6.07, 6.45) is 1.56. The Morgan fingerprint density at radius 3 is 2.70 bits per heavy atom. The number of nitrogens with one attached hydrogen (secondary N) is 2. The number of amides is 2. The molecule has 0 spiro atoms. The quantitative estimate of drug-likeness (QED) is 0.650. The molecular weight excluding hydrogens is 366 g/mol. The number of benzene rings is 2. The van der Waals surface area contributed by atoms with Crippen LogP contribution in [0.2, 0.25) is 5.02 Å². The van der Waals surface area contributed by atoms with Crippen molar-refractivity contribution in [3.05, 3.63) is 76.7 Å². The highest BCUT2D eigenvalue weighted by atomic mass is 35.5. The van der Waals surface area contributed by atoms with E-state index in [0.29, 0.717) is 34.4 Å². The van der Waals surface area contributed by atoms with Crippen LogP contribution in [-0.4, -0.2) is 12.7 Å². The zero-order valence-corrected chi connectivity index (χ0v) is 14.9. The topological polar surface area (TPSA) is 95.9 Å². The van der Waals surface area contributed by atoms with Crippen LogP contribution in [0.5, 0.6) is 0 Å². The van der Waals surface area contributed by atoms with Gasteiger partial charge >= 0.3 is 6.03 Å². The number of hydrogen-bond donors (Lipinski definition) is 3. The fourth-order valence-electron chi connectivity index (χ4n) is 2.77. The molecule has 2 heterocycles. The van der Waals surface area contributed by atoms with Crippen molar-refractivity contribution in [2.24, 2.45) is 10.7 Å². The Morgan fingerprint density at radius 1 is 1.11 bits per heavy atom. The molecule has 0 unspecified atom stereocenters. The van der Waals surface area contributed by atoms with Gasteiger partial charge in [-0.1, -0.05) is 17.7 Å². The van der Waals surface area contributed by atoms with E-state index in [1.165, 1.54) is 0 Å². The number of nitrogens with two attached hydrogens (primary N) is 1. The molecular formula is C19H16ClN5O2. The lowest BCUT2D eigenvalue weighted by atomic mass is 10.2. The van der Waals surface area contributed by atoms with Crippen molar-refractivity contribution in [1.82, 2.24) is 0 Å². The molecule has 2 aromatic carbocycles. The SMILES string of the molecule is NC1=c2ccoc2=NCN1c1cccc(NC(=O)Nc2ccc(Cl)cc2)c1. The van der Waals surface area contributed by atoms with Crippen LogP contribution >= 0.6 is 11.6 Å². The predicted octanol–water partition coefficient (Wildman–Crippen LogP) is 2.70. The summed E-state index contributed by atoms with van der Waals surface area (Å²) in [6.45, 7) is 0.340. The Hall–Kier alpha value is -3.45. The van der Waals surface area contributed by atoms with Gasteiger partial charge in [0, 0.05) is 22.1 Å². The Morgan fingerprint density at radius 2 is 1.89 bits per heavy atom. The molecule has 4 N–H and O–H groups in total. The zero-order valence-electron chi connectivity index (χ0n) is 14.1. The monoisotopic (exact) mass is 381 g/mol. The van der Waals surface area contributed by atoms with Gasteiger partial charge in [0.2, 0.25) is 5.55 Å². The van der Waals surface area contributed by atoms with Gasteiger partial charge in [0.05, 0.1) is 11.5 Å². The maximum atomic E-state index is 12.2. The fraction of sp³-hybridized carbons (Fsp3) is 0.0526. The molecule has 0 fully saturated rings. The van der Waals surface area contributed by atoms with E-state index in [1.807, 2.05) is 23.1 Å². The third-order valence-corrected chi connectivity index (χ3v) is 4.34. The van der Waals surface area contributed by atoms with Crippen LogP contribution in [0.15, 0.2) is 70.3 Å². The van der Waals surface area contributed by atoms with Gasteiger partial charge in [-0.2, -0.15) is 0 Å². The molecule has 0 aliphatic carbocycles. The molecule has 0 bridgehead atoms. The minimum atomic E-state index is -0.355. The summed E-state index contributed by atoms with van der Waals surface area (Å²) in [7, 11) is 0. The van der Waals surface area contributed by atoms with Crippen LogP contribution in [-0.2, 0) is 0 Å². The number of nitrogens with zero attached hydrogens (tertiary/aromatic N) is 2. The average molecular weight is 382 g/mol. The van der Waals surface area contributed by atoms with E-state index in [2.05, 4.69) is 15.6 Å². The summed E-state index contributed by atoms with van der Waals surface area (Å²) < 4.78 is 5.28. The van der Waals surface area contributed by atoms with Gasteiger partial charge in [-0.15, -0.1) is 0 Å². The molecule has 27 heavy (non-hydrogen) atoms. The van der Waals surface area contributed by atoms with Crippen molar-refractivity contribution < 1.29 is 9.21 Å². The first-order chi connectivity index (χ1) is 13.1. The van der Waals surface area contributed by atoms with Gasteiger partial charge in [0.1, 0.15) is 12.5 Å². The van der Waals surface area contributed by atoms with Crippen LogP contribution in [0.4, 0.5) is 21.9 Å². The highest BCUT2D eigenvalue weighted by Crippen LogP contribution is 2.22. The smallest absolute Gasteiger partial charge is 0.323 e. The van der Waals surface area contributed by atoms with Gasteiger partial charge in [-0.05, 0) is 48.5 Å². The lowest BCUT2D eigenvalue weighted by Gasteiger charge is -2.24. The second-order valence-electron chi connectivity index (χ2n) is 5.89. The van der Waals surface area contributed by atoms with Crippen LogP contribution in [0, 0.1) is 0 Å². The van der Waals surface area contributed by atoms with Crippen LogP contribution < -0.4 is 32.0 Å². The molecule has 4 rings (SSSR count). The fourth-order valence-corrected chi connectivity index (χ4v) is 2.90. The van der Waals surface area contributed by atoms with E-state index >= 15 is 0 Å². The van der Waals surface area contributed by atoms with E-state index in [4.69, 9.17) is 21.8 Å². The third-order valence-electron chi connectivity index (χ3n) is 4.09. The number of hydrogen-bond acceptors (Lipinski definition) is 5.